The number of nitrogens with two attached hydrogens (primary N) is 1. The maximum atomic E-state index is 6.36. The third-order valence-electron chi connectivity index (χ3n) is 7.07. The highest BCUT2D eigenvalue weighted by atomic mass is 16.7. The molecular formula is C28H43NO6. The van der Waals surface area contributed by atoms with Gasteiger partial charge in [-0.05, 0) is 74.3 Å². The van der Waals surface area contributed by atoms with E-state index in [1.165, 1.54) is 5.56 Å². The van der Waals surface area contributed by atoms with Gasteiger partial charge in [0.15, 0.2) is 13.6 Å². The number of fused-ring (bicyclic) bond motifs is 1. The van der Waals surface area contributed by atoms with Gasteiger partial charge in [0.1, 0.15) is 17.3 Å². The Bertz CT molecular complexity index is 826. The Labute approximate surface area is 210 Å². The molecule has 35 heavy (non-hydrogen) atoms. The maximum absolute atomic E-state index is 6.36. The summed E-state index contributed by atoms with van der Waals surface area (Å²) < 4.78 is 33.5. The van der Waals surface area contributed by atoms with E-state index in [9.17, 15) is 0 Å². The molecule has 3 rings (SSSR count). The zero-order valence-electron chi connectivity index (χ0n) is 21.6. The first-order valence-corrected chi connectivity index (χ1v) is 12.8. The molecule has 7 heteroatoms. The van der Waals surface area contributed by atoms with Gasteiger partial charge in [-0.3, -0.25) is 0 Å². The number of rotatable bonds is 16. The molecular weight excluding hydrogens is 446 g/mol. The summed E-state index contributed by atoms with van der Waals surface area (Å²) in [5.74, 6) is 3.27. The van der Waals surface area contributed by atoms with Crippen molar-refractivity contribution in [2.45, 2.75) is 51.4 Å². The van der Waals surface area contributed by atoms with Crippen molar-refractivity contribution in [3.05, 3.63) is 47.7 Å². The van der Waals surface area contributed by atoms with Gasteiger partial charge in [-0.15, -0.1) is 0 Å². The summed E-state index contributed by atoms with van der Waals surface area (Å²) in [6.07, 6.45) is 12.7. The van der Waals surface area contributed by atoms with Crippen molar-refractivity contribution in [2.75, 3.05) is 54.2 Å². The molecule has 0 fully saturated rings. The quantitative estimate of drug-likeness (QED) is 0.254. The van der Waals surface area contributed by atoms with Crippen molar-refractivity contribution in [3.8, 4) is 11.5 Å². The summed E-state index contributed by atoms with van der Waals surface area (Å²) in [5.41, 5.74) is 6.78. The summed E-state index contributed by atoms with van der Waals surface area (Å²) in [4.78, 5) is 0. The van der Waals surface area contributed by atoms with E-state index in [2.05, 4.69) is 31.2 Å². The number of methoxy groups -OCH3 is 2. The van der Waals surface area contributed by atoms with E-state index in [-0.39, 0.29) is 19.0 Å². The first-order chi connectivity index (χ1) is 17.1. The van der Waals surface area contributed by atoms with Crippen LogP contribution >= 0.6 is 0 Å². The van der Waals surface area contributed by atoms with Gasteiger partial charge >= 0.3 is 0 Å². The Kier molecular flexibility index (Phi) is 11.4. The van der Waals surface area contributed by atoms with Gasteiger partial charge in [0.25, 0.3) is 0 Å². The number of benzene rings is 1. The normalized spacial score (nSPS) is 23.4. The van der Waals surface area contributed by atoms with Crippen molar-refractivity contribution >= 4 is 0 Å². The SMILES string of the molecule is COCOC1=CCC([C@@]2(C)COc3cc(OCOC)ccc3[C@H]2CCCCOCCCCN)C=C1. The minimum Gasteiger partial charge on any atom is -0.493 e. The lowest BCUT2D eigenvalue weighted by atomic mass is 9.61. The Morgan fingerprint density at radius 3 is 2.51 bits per heavy atom. The molecule has 0 aromatic heterocycles. The molecule has 1 aliphatic heterocycles. The van der Waals surface area contributed by atoms with Crippen LogP contribution in [0.25, 0.3) is 0 Å². The Morgan fingerprint density at radius 1 is 1.03 bits per heavy atom. The van der Waals surface area contributed by atoms with E-state index in [0.717, 1.165) is 75.5 Å². The molecule has 0 spiro atoms. The van der Waals surface area contributed by atoms with Crippen molar-refractivity contribution in [3.63, 3.8) is 0 Å². The molecule has 1 heterocycles. The molecule has 0 saturated heterocycles. The monoisotopic (exact) mass is 489 g/mol. The number of hydrogen-bond acceptors (Lipinski definition) is 7. The molecule has 0 saturated carbocycles. The van der Waals surface area contributed by atoms with Crippen molar-refractivity contribution in [2.24, 2.45) is 17.1 Å². The van der Waals surface area contributed by atoms with Crippen LogP contribution in [0, 0.1) is 11.3 Å². The Hall–Kier alpha value is -2.06. The van der Waals surface area contributed by atoms with Crippen LogP contribution in [0.3, 0.4) is 0 Å². The fourth-order valence-electron chi connectivity index (χ4n) is 5.01. The summed E-state index contributed by atoms with van der Waals surface area (Å²) >= 11 is 0. The number of allylic oxidation sites excluding steroid dienone is 3. The zero-order valence-corrected chi connectivity index (χ0v) is 21.6. The lowest BCUT2D eigenvalue weighted by molar-refractivity contribution is 0.00767. The molecule has 1 aromatic rings. The molecule has 1 unspecified atom stereocenters. The van der Waals surface area contributed by atoms with E-state index < -0.39 is 0 Å². The van der Waals surface area contributed by atoms with E-state index in [1.807, 2.05) is 12.1 Å². The van der Waals surface area contributed by atoms with Crippen molar-refractivity contribution in [1.29, 1.82) is 0 Å². The van der Waals surface area contributed by atoms with Crippen LogP contribution in [-0.2, 0) is 18.9 Å². The van der Waals surface area contributed by atoms with Gasteiger partial charge in [-0.25, -0.2) is 0 Å². The highest BCUT2D eigenvalue weighted by Crippen LogP contribution is 2.53. The van der Waals surface area contributed by atoms with Gasteiger partial charge in [0, 0.05) is 38.9 Å². The van der Waals surface area contributed by atoms with Gasteiger partial charge < -0.3 is 34.2 Å². The van der Waals surface area contributed by atoms with Crippen LogP contribution < -0.4 is 15.2 Å². The lowest BCUT2D eigenvalue weighted by Gasteiger charge is -2.47. The number of unbranched alkanes of at least 4 members (excludes halogenated alkanes) is 2. The zero-order chi connectivity index (χ0) is 24.9. The first kappa shape index (κ1) is 27.5. The second kappa shape index (κ2) is 14.5. The Morgan fingerprint density at radius 2 is 1.80 bits per heavy atom. The molecule has 0 bridgehead atoms. The second-order valence-corrected chi connectivity index (χ2v) is 9.56. The summed E-state index contributed by atoms with van der Waals surface area (Å²) in [7, 11) is 3.26. The van der Waals surface area contributed by atoms with Crippen molar-refractivity contribution < 1.29 is 28.4 Å². The average molecular weight is 490 g/mol. The molecule has 0 amide bonds. The predicted octanol–water partition coefficient (Wildman–Crippen LogP) is 5.16. The van der Waals surface area contributed by atoms with Crippen LogP contribution in [0.1, 0.15) is 56.9 Å². The summed E-state index contributed by atoms with van der Waals surface area (Å²) in [6.45, 7) is 5.83. The third kappa shape index (κ3) is 7.71. The second-order valence-electron chi connectivity index (χ2n) is 9.56. The topological polar surface area (TPSA) is 81.4 Å². The minimum atomic E-state index is -0.0380. The molecule has 1 aromatic carbocycles. The van der Waals surface area contributed by atoms with Crippen LogP contribution in [0.4, 0.5) is 0 Å². The van der Waals surface area contributed by atoms with Gasteiger partial charge in [-0.2, -0.15) is 0 Å². The van der Waals surface area contributed by atoms with E-state index >= 15 is 0 Å². The highest BCUT2D eigenvalue weighted by molar-refractivity contribution is 5.45. The molecule has 2 aliphatic rings. The smallest absolute Gasteiger partial charge is 0.188 e. The Balaban J connectivity index is 1.69. The van der Waals surface area contributed by atoms with Crippen LogP contribution in [0.2, 0.25) is 0 Å². The fourth-order valence-corrected chi connectivity index (χ4v) is 5.01. The first-order valence-electron chi connectivity index (χ1n) is 12.8. The third-order valence-corrected chi connectivity index (χ3v) is 7.07. The summed E-state index contributed by atoms with van der Waals surface area (Å²) in [6, 6.07) is 6.18. The molecule has 196 valence electrons. The van der Waals surface area contributed by atoms with Crippen LogP contribution in [0.5, 0.6) is 11.5 Å². The standard InChI is InChI=1S/C28H43NO6/c1-28(22-9-11-23(12-10-22)34-20-30-2)19-33-27-18-24(35-21-31-3)13-14-25(27)26(28)8-4-6-16-32-17-7-5-15-29/h9,11-14,18,22,26H,4-8,10,15-17,19-21,29H2,1-3H3/t22?,26-,28-/m1/s1. The van der Waals surface area contributed by atoms with Gasteiger partial charge in [-0.1, -0.05) is 25.5 Å². The maximum Gasteiger partial charge on any atom is 0.188 e. The van der Waals surface area contributed by atoms with E-state index in [1.54, 1.807) is 14.2 Å². The average Bonchev–Trinajstić information content (AvgIpc) is 2.89. The van der Waals surface area contributed by atoms with E-state index in [4.69, 9.17) is 34.2 Å². The van der Waals surface area contributed by atoms with Gasteiger partial charge in [0.05, 0.1) is 6.61 Å². The largest absolute Gasteiger partial charge is 0.493 e. The van der Waals surface area contributed by atoms with Crippen LogP contribution in [0.15, 0.2) is 42.2 Å². The fraction of sp³-hybridized carbons (Fsp3) is 0.643. The number of ether oxygens (including phenoxy) is 6. The molecule has 3 atom stereocenters. The molecule has 1 aliphatic carbocycles. The van der Waals surface area contributed by atoms with Gasteiger partial charge in [0.2, 0.25) is 0 Å². The molecule has 2 N–H and O–H groups in total. The molecule has 0 radical (unpaired) electrons. The number of hydrogen-bond donors (Lipinski definition) is 1. The predicted molar refractivity (Wildman–Crippen MR) is 137 cm³/mol. The minimum absolute atomic E-state index is 0.0380. The highest BCUT2D eigenvalue weighted by Gasteiger charge is 2.45. The van der Waals surface area contributed by atoms with Crippen molar-refractivity contribution in [1.82, 2.24) is 0 Å². The lowest BCUT2D eigenvalue weighted by Crippen LogP contribution is -2.42. The summed E-state index contributed by atoms with van der Waals surface area (Å²) in [5, 5.41) is 0. The van der Waals surface area contributed by atoms with Crippen LogP contribution in [-0.4, -0.2) is 54.2 Å². The van der Waals surface area contributed by atoms with E-state index in [0.29, 0.717) is 18.4 Å². The molecule has 7 nitrogen and oxygen atoms in total.